The number of hydrogen-bond acceptors (Lipinski definition) is 2. The molecule has 0 aromatic heterocycles. The third-order valence-electron chi connectivity index (χ3n) is 4.42. The number of rotatable bonds is 7. The minimum absolute atomic E-state index is 0.165. The zero-order valence-corrected chi connectivity index (χ0v) is 12.7. The van der Waals surface area contributed by atoms with Gasteiger partial charge in [-0.15, -0.1) is 0 Å². The van der Waals surface area contributed by atoms with Crippen LogP contribution in [0.5, 0.6) is 0 Å². The summed E-state index contributed by atoms with van der Waals surface area (Å²) in [6.45, 7) is 4.40. The molecule has 1 fully saturated rings. The lowest BCUT2D eigenvalue weighted by molar-refractivity contribution is 0.382. The number of halogens is 1. The minimum Gasteiger partial charge on any atom is -0.375 e. The highest BCUT2D eigenvalue weighted by molar-refractivity contribution is 5.45. The largest absolute Gasteiger partial charge is 0.375 e. The fourth-order valence-corrected chi connectivity index (χ4v) is 3.16. The Morgan fingerprint density at radius 2 is 2.00 bits per heavy atom. The van der Waals surface area contributed by atoms with Crippen LogP contribution in [-0.4, -0.2) is 26.2 Å². The van der Waals surface area contributed by atoms with Crippen molar-refractivity contribution in [1.29, 1.82) is 0 Å². The van der Waals surface area contributed by atoms with Gasteiger partial charge in [-0.3, -0.25) is 0 Å². The lowest BCUT2D eigenvalue weighted by atomic mass is 9.99. The molecule has 0 saturated heterocycles. The van der Waals surface area contributed by atoms with E-state index in [1.165, 1.54) is 44.2 Å². The highest BCUT2D eigenvalue weighted by Crippen LogP contribution is 2.29. The molecule has 2 atom stereocenters. The van der Waals surface area contributed by atoms with Crippen LogP contribution in [0.2, 0.25) is 0 Å². The lowest BCUT2D eigenvalue weighted by Gasteiger charge is -2.25. The van der Waals surface area contributed by atoms with E-state index in [0.29, 0.717) is 6.04 Å². The molecule has 2 nitrogen and oxygen atoms in total. The molecule has 2 unspecified atom stereocenters. The summed E-state index contributed by atoms with van der Waals surface area (Å²) in [5, 5.41) is 3.68. The number of benzene rings is 1. The molecule has 1 aliphatic rings. The topological polar surface area (TPSA) is 15.3 Å². The first kappa shape index (κ1) is 15.3. The van der Waals surface area contributed by atoms with E-state index < -0.39 is 0 Å². The minimum atomic E-state index is -0.165. The molecular weight excluding hydrogens is 251 g/mol. The summed E-state index contributed by atoms with van der Waals surface area (Å²) in [5.74, 6) is 0.631. The summed E-state index contributed by atoms with van der Waals surface area (Å²) < 4.78 is 12.9. The van der Waals surface area contributed by atoms with Gasteiger partial charge in [0.2, 0.25) is 0 Å². The molecule has 0 radical (unpaired) electrons. The Balaban J connectivity index is 1.80. The average molecular weight is 278 g/mol. The summed E-state index contributed by atoms with van der Waals surface area (Å²) in [5.41, 5.74) is 1.10. The van der Waals surface area contributed by atoms with Gasteiger partial charge in [0.25, 0.3) is 0 Å². The quantitative estimate of drug-likeness (QED) is 0.815. The molecule has 112 valence electrons. The van der Waals surface area contributed by atoms with Crippen LogP contribution in [-0.2, 0) is 0 Å². The highest BCUT2D eigenvalue weighted by Gasteiger charge is 2.26. The Labute approximate surface area is 122 Å². The third kappa shape index (κ3) is 4.20. The van der Waals surface area contributed by atoms with Crippen LogP contribution < -0.4 is 10.2 Å². The van der Waals surface area contributed by atoms with Crippen LogP contribution in [0, 0.1) is 11.7 Å². The Bertz CT molecular complexity index is 390. The number of anilines is 1. The van der Waals surface area contributed by atoms with E-state index in [-0.39, 0.29) is 5.82 Å². The van der Waals surface area contributed by atoms with E-state index in [4.69, 9.17) is 0 Å². The monoisotopic (exact) mass is 278 g/mol. The van der Waals surface area contributed by atoms with Crippen molar-refractivity contribution in [3.05, 3.63) is 30.1 Å². The standard InChI is InChI=1S/C17H27FN2/c1-3-12-19-17-6-4-5-14(17)11-13-20(2)16-9-7-15(18)8-10-16/h7-10,14,17,19H,3-6,11-13H2,1-2H3. The van der Waals surface area contributed by atoms with Crippen LogP contribution in [0.3, 0.4) is 0 Å². The predicted molar refractivity (Wildman–Crippen MR) is 83.7 cm³/mol. The fraction of sp³-hybridized carbons (Fsp3) is 0.647. The van der Waals surface area contributed by atoms with Gasteiger partial charge in [0.1, 0.15) is 5.82 Å². The van der Waals surface area contributed by atoms with Gasteiger partial charge < -0.3 is 10.2 Å². The zero-order valence-electron chi connectivity index (χ0n) is 12.7. The Morgan fingerprint density at radius 3 is 2.70 bits per heavy atom. The summed E-state index contributed by atoms with van der Waals surface area (Å²) in [4.78, 5) is 2.23. The summed E-state index contributed by atoms with van der Waals surface area (Å²) in [6.07, 6.45) is 6.45. The zero-order chi connectivity index (χ0) is 14.4. The molecule has 1 aromatic rings. The molecule has 2 rings (SSSR count). The molecule has 0 amide bonds. The molecule has 0 aliphatic heterocycles. The van der Waals surface area contributed by atoms with E-state index in [1.807, 2.05) is 12.1 Å². The second kappa shape index (κ2) is 7.63. The maximum Gasteiger partial charge on any atom is 0.123 e. The first-order chi connectivity index (χ1) is 9.70. The SMILES string of the molecule is CCCNC1CCCC1CCN(C)c1ccc(F)cc1. The Kier molecular flexibility index (Phi) is 5.84. The van der Waals surface area contributed by atoms with E-state index in [1.54, 1.807) is 0 Å². The van der Waals surface area contributed by atoms with Gasteiger partial charge >= 0.3 is 0 Å². The van der Waals surface area contributed by atoms with E-state index in [0.717, 1.165) is 24.7 Å². The Hall–Kier alpha value is -1.09. The van der Waals surface area contributed by atoms with Gasteiger partial charge in [-0.2, -0.15) is 0 Å². The number of nitrogens with one attached hydrogen (secondary N) is 1. The number of hydrogen-bond donors (Lipinski definition) is 1. The second-order valence-corrected chi connectivity index (χ2v) is 5.94. The summed E-state index contributed by atoms with van der Waals surface area (Å²) in [6, 6.07) is 7.49. The first-order valence-corrected chi connectivity index (χ1v) is 7.90. The van der Waals surface area contributed by atoms with Crippen molar-refractivity contribution in [3.63, 3.8) is 0 Å². The average Bonchev–Trinajstić information content (AvgIpc) is 2.90. The van der Waals surface area contributed by atoms with Crippen LogP contribution in [0.15, 0.2) is 24.3 Å². The van der Waals surface area contributed by atoms with Gasteiger partial charge in [0.05, 0.1) is 0 Å². The molecule has 0 bridgehead atoms. The van der Waals surface area contributed by atoms with Crippen molar-refractivity contribution in [2.75, 3.05) is 25.0 Å². The molecule has 3 heteroatoms. The van der Waals surface area contributed by atoms with Crippen molar-refractivity contribution in [2.24, 2.45) is 5.92 Å². The third-order valence-corrected chi connectivity index (χ3v) is 4.42. The molecule has 1 aliphatic carbocycles. The molecule has 0 heterocycles. The van der Waals surface area contributed by atoms with Crippen LogP contribution in [0.1, 0.15) is 39.0 Å². The van der Waals surface area contributed by atoms with Crippen molar-refractivity contribution in [3.8, 4) is 0 Å². The molecule has 20 heavy (non-hydrogen) atoms. The Morgan fingerprint density at radius 1 is 1.25 bits per heavy atom. The van der Waals surface area contributed by atoms with Crippen LogP contribution in [0.4, 0.5) is 10.1 Å². The smallest absolute Gasteiger partial charge is 0.123 e. The van der Waals surface area contributed by atoms with Crippen LogP contribution in [0.25, 0.3) is 0 Å². The van der Waals surface area contributed by atoms with Crippen molar-refractivity contribution in [2.45, 2.75) is 45.1 Å². The first-order valence-electron chi connectivity index (χ1n) is 7.90. The molecule has 1 aromatic carbocycles. The van der Waals surface area contributed by atoms with Gasteiger partial charge in [0.15, 0.2) is 0 Å². The van der Waals surface area contributed by atoms with Crippen molar-refractivity contribution < 1.29 is 4.39 Å². The summed E-state index contributed by atoms with van der Waals surface area (Å²) in [7, 11) is 2.09. The van der Waals surface area contributed by atoms with Gasteiger partial charge in [-0.1, -0.05) is 13.3 Å². The highest BCUT2D eigenvalue weighted by atomic mass is 19.1. The van der Waals surface area contributed by atoms with Crippen LogP contribution >= 0.6 is 0 Å². The maximum atomic E-state index is 12.9. The van der Waals surface area contributed by atoms with E-state index >= 15 is 0 Å². The van der Waals surface area contributed by atoms with Gasteiger partial charge in [0, 0.05) is 25.3 Å². The predicted octanol–water partition coefficient (Wildman–Crippen LogP) is 3.82. The molecule has 1 N–H and O–H groups in total. The van der Waals surface area contributed by atoms with Gasteiger partial charge in [-0.25, -0.2) is 4.39 Å². The van der Waals surface area contributed by atoms with E-state index in [2.05, 4.69) is 24.2 Å². The van der Waals surface area contributed by atoms with Gasteiger partial charge in [-0.05, 0) is 62.4 Å². The van der Waals surface area contributed by atoms with Crippen molar-refractivity contribution >= 4 is 5.69 Å². The fourth-order valence-electron chi connectivity index (χ4n) is 3.16. The molecular formula is C17H27FN2. The molecule has 0 spiro atoms. The normalized spacial score (nSPS) is 22.1. The van der Waals surface area contributed by atoms with E-state index in [9.17, 15) is 4.39 Å². The maximum absolute atomic E-state index is 12.9. The van der Waals surface area contributed by atoms with Crippen molar-refractivity contribution in [1.82, 2.24) is 5.32 Å². The lowest BCUT2D eigenvalue weighted by Crippen LogP contribution is -2.34. The second-order valence-electron chi connectivity index (χ2n) is 5.94. The summed E-state index contributed by atoms with van der Waals surface area (Å²) >= 11 is 0. The number of nitrogens with zero attached hydrogens (tertiary/aromatic N) is 1. The molecule has 1 saturated carbocycles.